The van der Waals surface area contributed by atoms with Crippen LogP contribution in [0.2, 0.25) is 0 Å². The van der Waals surface area contributed by atoms with Crippen molar-refractivity contribution in [1.29, 1.82) is 0 Å². The number of para-hydroxylation sites is 2. The van der Waals surface area contributed by atoms with Crippen molar-refractivity contribution in [3.05, 3.63) is 156 Å². The molecule has 4 aromatic carbocycles. The summed E-state index contributed by atoms with van der Waals surface area (Å²) in [6.07, 6.45) is 0. The van der Waals surface area contributed by atoms with Gasteiger partial charge in [0.25, 0.3) is 11.4 Å². The van der Waals surface area contributed by atoms with E-state index in [0.29, 0.717) is 16.7 Å². The Hall–Kier alpha value is -4.57. The largest absolute Gasteiger partial charge is 0.288 e. The number of ketones is 1. The Labute approximate surface area is 218 Å². The van der Waals surface area contributed by atoms with Crippen molar-refractivity contribution in [2.45, 2.75) is 0 Å². The molecule has 37 heavy (non-hydrogen) atoms. The van der Waals surface area contributed by atoms with Gasteiger partial charge in [-0.05, 0) is 59.1 Å². The van der Waals surface area contributed by atoms with Crippen LogP contribution in [0.5, 0.6) is 0 Å². The monoisotopic (exact) mass is 566 g/mol. The summed E-state index contributed by atoms with van der Waals surface area (Å²) in [5.41, 5.74) is 1.78. The van der Waals surface area contributed by atoms with Crippen LogP contribution in [0.1, 0.15) is 27.0 Å². The summed E-state index contributed by atoms with van der Waals surface area (Å²) in [6.45, 7) is 0. The van der Waals surface area contributed by atoms with Gasteiger partial charge in [-0.25, -0.2) is 8.78 Å². The Kier molecular flexibility index (Phi) is 9.06. The molecule has 0 saturated carbocycles. The van der Waals surface area contributed by atoms with Crippen molar-refractivity contribution in [1.82, 2.24) is 0 Å². The molecule has 7 nitrogen and oxygen atoms in total. The molecule has 0 fully saturated rings. The first-order valence-electron chi connectivity index (χ1n) is 10.6. The molecule has 0 saturated heterocycles. The standard InChI is InChI=1S/C14H9BrFNO2.C13H8FNO3/c15-9-13(10-5-7-11(16)8-6-10)12-3-1-2-4-14(12)17(18)19;14-10-7-5-9(6-8-10)13(16)11-3-1-2-4-12(11)15(17)18/h1-9H;1-8H. The first kappa shape index (κ1) is 27.0. The molecule has 0 aliphatic heterocycles. The fraction of sp³-hybridized carbons (Fsp3) is 0. The Morgan fingerprint density at radius 2 is 1.05 bits per heavy atom. The van der Waals surface area contributed by atoms with Crippen LogP contribution in [0, 0.1) is 31.9 Å². The van der Waals surface area contributed by atoms with Crippen LogP contribution < -0.4 is 0 Å². The zero-order chi connectivity index (χ0) is 26.9. The Balaban J connectivity index is 0.000000206. The fourth-order valence-corrected chi connectivity index (χ4v) is 3.86. The third-order valence-corrected chi connectivity index (χ3v) is 5.56. The van der Waals surface area contributed by atoms with Gasteiger partial charge in [-0.1, -0.05) is 52.3 Å². The molecule has 0 aliphatic carbocycles. The molecule has 10 heteroatoms. The third-order valence-electron chi connectivity index (χ3n) is 5.11. The van der Waals surface area contributed by atoms with Gasteiger partial charge in [-0.3, -0.25) is 25.0 Å². The maximum atomic E-state index is 12.9. The van der Waals surface area contributed by atoms with E-state index in [2.05, 4.69) is 15.9 Å². The van der Waals surface area contributed by atoms with Crippen LogP contribution in [0.25, 0.3) is 5.57 Å². The van der Waals surface area contributed by atoms with Crippen LogP contribution in [0.3, 0.4) is 0 Å². The lowest BCUT2D eigenvalue weighted by atomic mass is 9.98. The van der Waals surface area contributed by atoms with Crippen molar-refractivity contribution < 1.29 is 23.4 Å². The maximum Gasteiger partial charge on any atom is 0.280 e. The van der Waals surface area contributed by atoms with Gasteiger partial charge in [-0.2, -0.15) is 0 Å². The van der Waals surface area contributed by atoms with E-state index in [1.54, 1.807) is 41.4 Å². The normalized spacial score (nSPS) is 10.7. The number of carbonyl (C=O) groups excluding carboxylic acids is 1. The lowest BCUT2D eigenvalue weighted by Gasteiger charge is -2.07. The second-order valence-electron chi connectivity index (χ2n) is 7.41. The van der Waals surface area contributed by atoms with Crippen LogP contribution in [-0.4, -0.2) is 15.6 Å². The highest BCUT2D eigenvalue weighted by atomic mass is 79.9. The number of rotatable bonds is 6. The topological polar surface area (TPSA) is 103 Å². The molecule has 0 aliphatic rings. The van der Waals surface area contributed by atoms with Gasteiger partial charge < -0.3 is 0 Å². The van der Waals surface area contributed by atoms with Gasteiger partial charge in [0.2, 0.25) is 0 Å². The number of hydrogen-bond donors (Lipinski definition) is 0. The minimum Gasteiger partial charge on any atom is -0.288 e. The molecule has 4 rings (SSSR count). The van der Waals surface area contributed by atoms with Crippen molar-refractivity contribution in [2.24, 2.45) is 0 Å². The van der Waals surface area contributed by atoms with E-state index in [9.17, 15) is 33.8 Å². The lowest BCUT2D eigenvalue weighted by Crippen LogP contribution is -2.05. The van der Waals surface area contributed by atoms with Crippen molar-refractivity contribution in [3.8, 4) is 0 Å². The van der Waals surface area contributed by atoms with E-state index in [1.165, 1.54) is 48.5 Å². The summed E-state index contributed by atoms with van der Waals surface area (Å²) in [4.78, 5) is 34.4. The molecule has 0 bridgehead atoms. The molecule has 0 amide bonds. The van der Waals surface area contributed by atoms with E-state index in [-0.39, 0.29) is 28.3 Å². The van der Waals surface area contributed by atoms with E-state index < -0.39 is 21.4 Å². The van der Waals surface area contributed by atoms with Crippen molar-refractivity contribution >= 4 is 38.7 Å². The molecular formula is C27H17BrF2N2O5. The molecule has 0 N–H and O–H groups in total. The summed E-state index contributed by atoms with van der Waals surface area (Å²) in [5.74, 6) is -1.31. The average Bonchev–Trinajstić information content (AvgIpc) is 2.91. The van der Waals surface area contributed by atoms with E-state index in [0.717, 1.165) is 12.1 Å². The van der Waals surface area contributed by atoms with E-state index in [1.807, 2.05) is 0 Å². The molecule has 0 unspecified atom stereocenters. The zero-order valence-corrected chi connectivity index (χ0v) is 20.5. The predicted molar refractivity (Wildman–Crippen MR) is 138 cm³/mol. The molecule has 0 atom stereocenters. The Morgan fingerprint density at radius 1 is 0.649 bits per heavy atom. The number of halogens is 3. The second-order valence-corrected chi connectivity index (χ2v) is 7.87. The highest BCUT2D eigenvalue weighted by Gasteiger charge is 2.20. The molecule has 0 radical (unpaired) electrons. The fourth-order valence-electron chi connectivity index (χ4n) is 3.35. The highest BCUT2D eigenvalue weighted by molar-refractivity contribution is 9.11. The van der Waals surface area contributed by atoms with Gasteiger partial charge >= 0.3 is 0 Å². The quantitative estimate of drug-likeness (QED) is 0.137. The lowest BCUT2D eigenvalue weighted by molar-refractivity contribution is -0.385. The molecule has 0 heterocycles. The maximum absolute atomic E-state index is 12.9. The summed E-state index contributed by atoms with van der Waals surface area (Å²) in [7, 11) is 0. The molecular weight excluding hydrogens is 550 g/mol. The second kappa shape index (κ2) is 12.4. The van der Waals surface area contributed by atoms with Crippen LogP contribution in [0.15, 0.2) is 102 Å². The van der Waals surface area contributed by atoms with Gasteiger partial charge in [0.15, 0.2) is 5.78 Å². The predicted octanol–water partition coefficient (Wildman–Crippen LogP) is 7.48. The zero-order valence-electron chi connectivity index (χ0n) is 18.9. The van der Waals surface area contributed by atoms with Crippen LogP contribution in [-0.2, 0) is 0 Å². The van der Waals surface area contributed by atoms with E-state index >= 15 is 0 Å². The molecule has 0 spiro atoms. The molecule has 186 valence electrons. The number of nitrogens with zero attached hydrogens (tertiary/aromatic N) is 2. The molecule has 0 aromatic heterocycles. The number of benzene rings is 4. The number of carbonyl (C=O) groups is 1. The summed E-state index contributed by atoms with van der Waals surface area (Å²) >= 11 is 3.21. The summed E-state index contributed by atoms with van der Waals surface area (Å²) < 4.78 is 25.7. The number of hydrogen-bond acceptors (Lipinski definition) is 5. The minimum absolute atomic E-state index is 0.00546. The van der Waals surface area contributed by atoms with Crippen LogP contribution in [0.4, 0.5) is 20.2 Å². The van der Waals surface area contributed by atoms with Crippen molar-refractivity contribution in [3.63, 3.8) is 0 Å². The van der Waals surface area contributed by atoms with Gasteiger partial charge in [0, 0.05) is 23.3 Å². The van der Waals surface area contributed by atoms with Gasteiger partial charge in [-0.15, -0.1) is 0 Å². The summed E-state index contributed by atoms with van der Waals surface area (Å²) in [6, 6.07) is 22.8. The van der Waals surface area contributed by atoms with E-state index in [4.69, 9.17) is 0 Å². The van der Waals surface area contributed by atoms with Gasteiger partial charge in [0.05, 0.1) is 15.4 Å². The SMILES string of the molecule is O=C(c1ccc(F)cc1)c1ccccc1[N+](=O)[O-].O=[N+]([O-])c1ccccc1C(=CBr)c1ccc(F)cc1. The number of nitro benzene ring substituents is 2. The number of nitro groups is 2. The van der Waals surface area contributed by atoms with Crippen molar-refractivity contribution in [2.75, 3.05) is 0 Å². The first-order chi connectivity index (χ1) is 17.7. The molecule has 4 aromatic rings. The first-order valence-corrected chi connectivity index (χ1v) is 11.5. The smallest absolute Gasteiger partial charge is 0.280 e. The summed E-state index contributed by atoms with van der Waals surface area (Å²) in [5, 5.41) is 21.8. The average molecular weight is 567 g/mol. The highest BCUT2D eigenvalue weighted by Crippen LogP contribution is 2.31. The van der Waals surface area contributed by atoms with Crippen LogP contribution >= 0.6 is 15.9 Å². The Morgan fingerprint density at radius 3 is 1.51 bits per heavy atom. The minimum atomic E-state index is -0.614. The third kappa shape index (κ3) is 6.77. The Bertz CT molecular complexity index is 1470. The van der Waals surface area contributed by atoms with Gasteiger partial charge in [0.1, 0.15) is 17.2 Å².